The van der Waals surface area contributed by atoms with Crippen LogP contribution in [0.5, 0.6) is 5.75 Å². The zero-order chi connectivity index (χ0) is 16.4. The maximum atomic E-state index is 11.6. The molecule has 3 rings (SSSR count). The number of rotatable bonds is 4. The molecule has 1 fully saturated rings. The monoisotopic (exact) mass is 317 g/mol. The molecule has 0 unspecified atom stereocenters. The number of aliphatic hydroxyl groups excluding tert-OH is 1. The number of aromatic nitrogens is 2. The third-order valence-electron chi connectivity index (χ3n) is 3.90. The number of carbonyl (C=O) groups is 1. The summed E-state index contributed by atoms with van der Waals surface area (Å²) in [5, 5.41) is 13.7. The lowest BCUT2D eigenvalue weighted by Gasteiger charge is -2.19. The first-order valence-corrected chi connectivity index (χ1v) is 7.50. The van der Waals surface area contributed by atoms with E-state index in [1.54, 1.807) is 4.90 Å². The lowest BCUT2D eigenvalue weighted by molar-refractivity contribution is -0.130. The van der Waals surface area contributed by atoms with Gasteiger partial charge in [-0.05, 0) is 18.6 Å². The van der Waals surface area contributed by atoms with Crippen molar-refractivity contribution in [2.75, 3.05) is 6.54 Å². The minimum atomic E-state index is -0.567. The van der Waals surface area contributed by atoms with Gasteiger partial charge in [0.05, 0.1) is 6.10 Å². The van der Waals surface area contributed by atoms with Crippen LogP contribution in [0.25, 0.3) is 0 Å². The highest BCUT2D eigenvalue weighted by Gasteiger charge is 2.37. The quantitative estimate of drug-likeness (QED) is 0.921. The van der Waals surface area contributed by atoms with Gasteiger partial charge in [-0.15, -0.1) is 0 Å². The van der Waals surface area contributed by atoms with Gasteiger partial charge < -0.3 is 19.3 Å². The van der Waals surface area contributed by atoms with Crippen molar-refractivity contribution in [2.24, 2.45) is 0 Å². The topological polar surface area (TPSA) is 88.7 Å². The van der Waals surface area contributed by atoms with Crippen molar-refractivity contribution in [3.8, 4) is 5.75 Å². The number of β-amino-alcohol motifs (C(OH)–C–C–N with tert-alkyl or cyclic N) is 1. The number of aryl methyl sites for hydroxylation is 1. The number of para-hydroxylation sites is 1. The fourth-order valence-electron chi connectivity index (χ4n) is 2.72. The van der Waals surface area contributed by atoms with Crippen LogP contribution in [0, 0.1) is 6.92 Å². The highest BCUT2D eigenvalue weighted by atomic mass is 16.5. The molecule has 2 atom stereocenters. The van der Waals surface area contributed by atoms with E-state index >= 15 is 0 Å². The summed E-state index contributed by atoms with van der Waals surface area (Å²) < 4.78 is 10.9. The van der Waals surface area contributed by atoms with E-state index in [1.165, 1.54) is 6.92 Å². The van der Waals surface area contributed by atoms with Crippen molar-refractivity contribution in [3.05, 3.63) is 41.5 Å². The normalized spacial score (nSPS) is 20.7. The van der Waals surface area contributed by atoms with Crippen molar-refractivity contribution in [1.29, 1.82) is 0 Å². The lowest BCUT2D eigenvalue weighted by Crippen LogP contribution is -2.29. The molecular weight excluding hydrogens is 298 g/mol. The molecule has 122 valence electrons. The molecule has 0 radical (unpaired) electrons. The third-order valence-corrected chi connectivity index (χ3v) is 3.90. The Morgan fingerprint density at radius 3 is 3.00 bits per heavy atom. The minimum absolute atomic E-state index is 0.123. The SMILES string of the molecule is CC(=O)N1C[C@@H](O)C[C@@H]1c1nc(COc2ccccc2C)no1. The first kappa shape index (κ1) is 15.5. The summed E-state index contributed by atoms with van der Waals surface area (Å²) in [5.41, 5.74) is 1.03. The number of hydrogen-bond acceptors (Lipinski definition) is 6. The number of nitrogens with zero attached hydrogens (tertiary/aromatic N) is 3. The Hall–Kier alpha value is -2.41. The minimum Gasteiger partial charge on any atom is -0.485 e. The average molecular weight is 317 g/mol. The predicted octanol–water partition coefficient (Wildman–Crippen LogP) is 1.61. The summed E-state index contributed by atoms with van der Waals surface area (Å²) in [4.78, 5) is 17.5. The Bertz CT molecular complexity index is 700. The van der Waals surface area contributed by atoms with E-state index < -0.39 is 6.10 Å². The molecule has 1 aliphatic rings. The number of benzene rings is 1. The summed E-state index contributed by atoms with van der Waals surface area (Å²) in [6.07, 6.45) is -0.165. The predicted molar refractivity (Wildman–Crippen MR) is 80.6 cm³/mol. The van der Waals surface area contributed by atoms with Gasteiger partial charge in [-0.25, -0.2) is 0 Å². The van der Waals surface area contributed by atoms with Gasteiger partial charge in [0.25, 0.3) is 0 Å². The fraction of sp³-hybridized carbons (Fsp3) is 0.438. The van der Waals surface area contributed by atoms with Crippen LogP contribution in [0.15, 0.2) is 28.8 Å². The van der Waals surface area contributed by atoms with Gasteiger partial charge in [-0.3, -0.25) is 4.79 Å². The Balaban J connectivity index is 1.68. The van der Waals surface area contributed by atoms with Gasteiger partial charge in [0, 0.05) is 19.9 Å². The molecule has 1 aliphatic heterocycles. The van der Waals surface area contributed by atoms with Gasteiger partial charge in [0.2, 0.25) is 17.6 Å². The zero-order valence-electron chi connectivity index (χ0n) is 13.1. The second-order valence-corrected chi connectivity index (χ2v) is 5.68. The van der Waals surface area contributed by atoms with E-state index in [9.17, 15) is 9.90 Å². The second kappa shape index (κ2) is 6.37. The van der Waals surface area contributed by atoms with Crippen LogP contribution in [-0.4, -0.2) is 38.7 Å². The third kappa shape index (κ3) is 3.34. The van der Waals surface area contributed by atoms with Crippen molar-refractivity contribution < 1.29 is 19.2 Å². The molecule has 7 heteroatoms. The number of likely N-dealkylation sites (tertiary alicyclic amines) is 1. The molecule has 7 nitrogen and oxygen atoms in total. The largest absolute Gasteiger partial charge is 0.485 e. The average Bonchev–Trinajstić information content (AvgIpc) is 3.12. The number of amides is 1. The smallest absolute Gasteiger partial charge is 0.249 e. The Kier molecular flexibility index (Phi) is 4.29. The molecule has 23 heavy (non-hydrogen) atoms. The van der Waals surface area contributed by atoms with Crippen LogP contribution in [0.4, 0.5) is 0 Å². The maximum absolute atomic E-state index is 11.6. The van der Waals surface area contributed by atoms with Crippen molar-refractivity contribution in [1.82, 2.24) is 15.0 Å². The molecule has 1 amide bonds. The summed E-state index contributed by atoms with van der Waals surface area (Å²) in [5.74, 6) is 1.39. The van der Waals surface area contributed by atoms with E-state index in [0.717, 1.165) is 11.3 Å². The molecule has 1 saturated heterocycles. The van der Waals surface area contributed by atoms with Gasteiger partial charge in [0.15, 0.2) is 6.61 Å². The van der Waals surface area contributed by atoms with Crippen LogP contribution in [-0.2, 0) is 11.4 Å². The summed E-state index contributed by atoms with van der Waals surface area (Å²) in [6, 6.07) is 7.30. The van der Waals surface area contributed by atoms with Gasteiger partial charge in [-0.2, -0.15) is 4.98 Å². The van der Waals surface area contributed by atoms with Crippen molar-refractivity contribution in [3.63, 3.8) is 0 Å². The molecule has 0 aliphatic carbocycles. The lowest BCUT2D eigenvalue weighted by atomic mass is 10.2. The van der Waals surface area contributed by atoms with Crippen LogP contribution in [0.3, 0.4) is 0 Å². The fourth-order valence-corrected chi connectivity index (χ4v) is 2.72. The number of aliphatic hydroxyl groups is 1. The van der Waals surface area contributed by atoms with Gasteiger partial charge in [0.1, 0.15) is 11.8 Å². The molecule has 1 N–H and O–H groups in total. The Morgan fingerprint density at radius 2 is 2.26 bits per heavy atom. The maximum Gasteiger partial charge on any atom is 0.249 e. The molecule has 2 heterocycles. The zero-order valence-corrected chi connectivity index (χ0v) is 13.1. The van der Waals surface area contributed by atoms with Gasteiger partial charge >= 0.3 is 0 Å². The molecule has 0 bridgehead atoms. The molecule has 1 aromatic carbocycles. The van der Waals surface area contributed by atoms with E-state index in [1.807, 2.05) is 31.2 Å². The highest BCUT2D eigenvalue weighted by Crippen LogP contribution is 2.31. The summed E-state index contributed by atoms with van der Waals surface area (Å²) in [7, 11) is 0. The summed E-state index contributed by atoms with van der Waals surface area (Å²) in [6.45, 7) is 3.90. The number of carbonyl (C=O) groups excluding carboxylic acids is 1. The molecule has 1 aromatic heterocycles. The van der Waals surface area contributed by atoms with E-state index in [2.05, 4.69) is 10.1 Å². The van der Waals surface area contributed by atoms with Crippen molar-refractivity contribution >= 4 is 5.91 Å². The molecule has 0 spiro atoms. The Morgan fingerprint density at radius 1 is 1.48 bits per heavy atom. The van der Waals surface area contributed by atoms with Crippen LogP contribution < -0.4 is 4.74 Å². The van der Waals surface area contributed by atoms with Crippen LogP contribution >= 0.6 is 0 Å². The highest BCUT2D eigenvalue weighted by molar-refractivity contribution is 5.74. The molecule has 2 aromatic rings. The van der Waals surface area contributed by atoms with E-state index in [4.69, 9.17) is 9.26 Å². The number of ether oxygens (including phenoxy) is 1. The standard InChI is InChI=1S/C16H19N3O4/c1-10-5-3-4-6-14(10)22-9-15-17-16(23-18-15)13-7-12(21)8-19(13)11(2)20/h3-6,12-13,21H,7-9H2,1-2H3/t12-,13+/m0/s1. The van der Waals surface area contributed by atoms with Crippen LogP contribution in [0.1, 0.15) is 36.7 Å². The first-order chi connectivity index (χ1) is 11.0. The molecule has 0 saturated carbocycles. The first-order valence-electron chi connectivity index (χ1n) is 7.50. The van der Waals surface area contributed by atoms with E-state index in [0.29, 0.717) is 18.1 Å². The van der Waals surface area contributed by atoms with Crippen LogP contribution in [0.2, 0.25) is 0 Å². The second-order valence-electron chi connectivity index (χ2n) is 5.68. The van der Waals surface area contributed by atoms with Crippen molar-refractivity contribution in [2.45, 2.75) is 39.0 Å². The van der Waals surface area contributed by atoms with Gasteiger partial charge in [-0.1, -0.05) is 23.4 Å². The molecular formula is C16H19N3O4. The Labute approximate surface area is 133 Å². The van der Waals surface area contributed by atoms with E-state index in [-0.39, 0.29) is 25.1 Å². The summed E-state index contributed by atoms with van der Waals surface area (Å²) >= 11 is 0. The number of hydrogen-bond donors (Lipinski definition) is 1.